The molecule has 0 aromatic heterocycles. The molecule has 2 rings (SSSR count). The fourth-order valence-electron chi connectivity index (χ4n) is 2.82. The summed E-state index contributed by atoms with van der Waals surface area (Å²) in [4.78, 5) is 2.31. The number of hydrogen-bond acceptors (Lipinski definition) is 3. The summed E-state index contributed by atoms with van der Waals surface area (Å²) >= 11 is 0. The highest BCUT2D eigenvalue weighted by Crippen LogP contribution is 2.21. The fraction of sp³-hybridized carbons (Fsp3) is 0.625. The number of hydrogen-bond donors (Lipinski definition) is 1. The summed E-state index contributed by atoms with van der Waals surface area (Å²) in [5.41, 5.74) is 6.26. The van der Waals surface area contributed by atoms with Crippen LogP contribution in [0.5, 0.6) is 0 Å². The smallest absolute Gasteiger partial charge is 0.163 e. The highest BCUT2D eigenvalue weighted by atomic mass is 19.2. The number of halogens is 2. The van der Waals surface area contributed by atoms with Gasteiger partial charge in [-0.25, -0.2) is 8.78 Å². The molecule has 0 radical (unpaired) electrons. The molecule has 3 nitrogen and oxygen atoms in total. The lowest BCUT2D eigenvalue weighted by molar-refractivity contribution is 0.0137. The Hall–Kier alpha value is -1.04. The van der Waals surface area contributed by atoms with Crippen molar-refractivity contribution in [2.75, 3.05) is 26.2 Å². The Kier molecular flexibility index (Phi) is 6.08. The molecule has 0 amide bonds. The van der Waals surface area contributed by atoms with Gasteiger partial charge < -0.3 is 15.4 Å². The van der Waals surface area contributed by atoms with Crippen LogP contribution in [0.2, 0.25) is 0 Å². The second kappa shape index (κ2) is 7.82. The van der Waals surface area contributed by atoms with E-state index in [0.29, 0.717) is 12.5 Å². The zero-order chi connectivity index (χ0) is 15.2. The highest BCUT2D eigenvalue weighted by Gasteiger charge is 2.20. The number of nitrogens with zero attached hydrogens (tertiary/aromatic N) is 1. The second-order valence-electron chi connectivity index (χ2n) is 5.53. The maximum absolute atomic E-state index is 13.7. The fourth-order valence-corrected chi connectivity index (χ4v) is 2.82. The van der Waals surface area contributed by atoms with E-state index in [1.54, 1.807) is 6.07 Å². The SMILES string of the molecule is CCOC1CCN(CCC(N)c2cccc(F)c2F)CC1. The standard InChI is InChI=1S/C16H24F2N2O/c1-2-21-12-6-9-20(10-7-12)11-8-15(19)13-4-3-5-14(17)16(13)18/h3-5,12,15H,2,6-11,19H2,1H3. The maximum Gasteiger partial charge on any atom is 0.163 e. The molecule has 0 bridgehead atoms. The monoisotopic (exact) mass is 298 g/mol. The molecule has 2 N–H and O–H groups in total. The van der Waals surface area contributed by atoms with Gasteiger partial charge in [-0.3, -0.25) is 0 Å². The first kappa shape index (κ1) is 16.3. The first-order valence-electron chi connectivity index (χ1n) is 7.65. The van der Waals surface area contributed by atoms with Crippen LogP contribution in [-0.2, 0) is 4.74 Å². The molecule has 0 spiro atoms. The predicted octanol–water partition coefficient (Wildman–Crippen LogP) is 2.86. The molecule has 1 saturated heterocycles. The summed E-state index contributed by atoms with van der Waals surface area (Å²) in [5, 5.41) is 0. The molecule has 1 aromatic rings. The largest absolute Gasteiger partial charge is 0.378 e. The topological polar surface area (TPSA) is 38.5 Å². The lowest BCUT2D eigenvalue weighted by atomic mass is 10.0. The van der Waals surface area contributed by atoms with Gasteiger partial charge in [0, 0.05) is 31.3 Å². The van der Waals surface area contributed by atoms with Crippen molar-refractivity contribution in [1.29, 1.82) is 0 Å². The van der Waals surface area contributed by atoms with E-state index in [-0.39, 0.29) is 5.56 Å². The molecule has 1 aliphatic rings. The number of nitrogens with two attached hydrogens (primary N) is 1. The third-order valence-corrected chi connectivity index (χ3v) is 4.07. The van der Waals surface area contributed by atoms with Gasteiger partial charge in [0.15, 0.2) is 11.6 Å². The van der Waals surface area contributed by atoms with Gasteiger partial charge in [0.25, 0.3) is 0 Å². The van der Waals surface area contributed by atoms with Gasteiger partial charge >= 0.3 is 0 Å². The number of benzene rings is 1. The number of piperidine rings is 1. The lowest BCUT2D eigenvalue weighted by Gasteiger charge is -2.32. The first-order valence-corrected chi connectivity index (χ1v) is 7.65. The molecule has 1 heterocycles. The molecule has 0 saturated carbocycles. The summed E-state index contributed by atoms with van der Waals surface area (Å²) in [6.07, 6.45) is 3.04. The van der Waals surface area contributed by atoms with Crippen LogP contribution in [0.15, 0.2) is 18.2 Å². The second-order valence-corrected chi connectivity index (χ2v) is 5.53. The van der Waals surface area contributed by atoms with Crippen LogP contribution in [0.25, 0.3) is 0 Å². The minimum absolute atomic E-state index is 0.263. The van der Waals surface area contributed by atoms with E-state index in [4.69, 9.17) is 10.5 Å². The van der Waals surface area contributed by atoms with Gasteiger partial charge in [-0.1, -0.05) is 12.1 Å². The summed E-state index contributed by atoms with van der Waals surface area (Å²) in [7, 11) is 0. The van der Waals surface area contributed by atoms with Crippen LogP contribution in [0.3, 0.4) is 0 Å². The molecule has 0 aliphatic carbocycles. The molecule has 1 atom stereocenters. The van der Waals surface area contributed by atoms with Crippen molar-refractivity contribution in [2.45, 2.75) is 38.3 Å². The Morgan fingerprint density at radius 3 is 2.71 bits per heavy atom. The Morgan fingerprint density at radius 1 is 1.33 bits per heavy atom. The molecule has 5 heteroatoms. The van der Waals surface area contributed by atoms with Crippen molar-refractivity contribution in [3.05, 3.63) is 35.4 Å². The van der Waals surface area contributed by atoms with Crippen molar-refractivity contribution in [3.8, 4) is 0 Å². The van der Waals surface area contributed by atoms with E-state index in [2.05, 4.69) is 4.90 Å². The summed E-state index contributed by atoms with van der Waals surface area (Å²) < 4.78 is 32.5. The Labute approximate surface area is 125 Å². The van der Waals surface area contributed by atoms with Crippen molar-refractivity contribution in [1.82, 2.24) is 4.90 Å². The first-order chi connectivity index (χ1) is 10.1. The Balaban J connectivity index is 1.79. The van der Waals surface area contributed by atoms with Crippen LogP contribution in [0.1, 0.15) is 37.8 Å². The van der Waals surface area contributed by atoms with Crippen molar-refractivity contribution in [2.24, 2.45) is 5.73 Å². The van der Waals surface area contributed by atoms with Gasteiger partial charge in [0.05, 0.1) is 6.10 Å². The molecule has 1 aliphatic heterocycles. The van der Waals surface area contributed by atoms with Gasteiger partial charge in [-0.05, 0) is 38.8 Å². The molecule has 1 fully saturated rings. The summed E-state index contributed by atoms with van der Waals surface area (Å²) in [6, 6.07) is 3.71. The molecule has 21 heavy (non-hydrogen) atoms. The molecular weight excluding hydrogens is 274 g/mol. The predicted molar refractivity (Wildman–Crippen MR) is 79.0 cm³/mol. The molecule has 1 unspecified atom stereocenters. The van der Waals surface area contributed by atoms with Crippen LogP contribution >= 0.6 is 0 Å². The van der Waals surface area contributed by atoms with Gasteiger partial charge in [0.1, 0.15) is 0 Å². The zero-order valence-electron chi connectivity index (χ0n) is 12.5. The molecular formula is C16H24F2N2O. The summed E-state index contributed by atoms with van der Waals surface area (Å²) in [6.45, 7) is 5.52. The number of rotatable bonds is 6. The van der Waals surface area contributed by atoms with Gasteiger partial charge in [-0.15, -0.1) is 0 Å². The summed E-state index contributed by atoms with van der Waals surface area (Å²) in [5.74, 6) is -1.65. The maximum atomic E-state index is 13.7. The van der Waals surface area contributed by atoms with Gasteiger partial charge in [-0.2, -0.15) is 0 Å². The number of likely N-dealkylation sites (tertiary alicyclic amines) is 1. The van der Waals surface area contributed by atoms with E-state index in [0.717, 1.165) is 45.1 Å². The van der Waals surface area contributed by atoms with Crippen LogP contribution in [-0.4, -0.2) is 37.2 Å². The third-order valence-electron chi connectivity index (χ3n) is 4.07. The minimum Gasteiger partial charge on any atom is -0.378 e. The quantitative estimate of drug-likeness (QED) is 0.877. The van der Waals surface area contributed by atoms with E-state index >= 15 is 0 Å². The average Bonchev–Trinajstić information content (AvgIpc) is 2.49. The van der Waals surface area contributed by atoms with Crippen LogP contribution < -0.4 is 5.73 Å². The zero-order valence-corrected chi connectivity index (χ0v) is 12.5. The Morgan fingerprint density at radius 2 is 2.05 bits per heavy atom. The average molecular weight is 298 g/mol. The lowest BCUT2D eigenvalue weighted by Crippen LogP contribution is -2.38. The van der Waals surface area contributed by atoms with E-state index in [1.807, 2.05) is 6.92 Å². The van der Waals surface area contributed by atoms with Crippen LogP contribution in [0, 0.1) is 11.6 Å². The van der Waals surface area contributed by atoms with Gasteiger partial charge in [0.2, 0.25) is 0 Å². The van der Waals surface area contributed by atoms with Crippen molar-refractivity contribution in [3.63, 3.8) is 0 Å². The van der Waals surface area contributed by atoms with Crippen LogP contribution in [0.4, 0.5) is 8.78 Å². The van der Waals surface area contributed by atoms with Crippen molar-refractivity contribution < 1.29 is 13.5 Å². The van der Waals surface area contributed by atoms with Crippen molar-refractivity contribution >= 4 is 0 Å². The normalized spacial score (nSPS) is 18.9. The van der Waals surface area contributed by atoms with E-state index < -0.39 is 17.7 Å². The number of ether oxygens (including phenoxy) is 1. The van der Waals surface area contributed by atoms with E-state index in [9.17, 15) is 8.78 Å². The van der Waals surface area contributed by atoms with E-state index in [1.165, 1.54) is 6.07 Å². The minimum atomic E-state index is -0.833. The highest BCUT2D eigenvalue weighted by molar-refractivity contribution is 5.22. The Bertz CT molecular complexity index is 448. The molecule has 118 valence electrons. The molecule has 1 aromatic carbocycles. The third kappa shape index (κ3) is 4.46.